The first-order valence-electron chi connectivity index (χ1n) is 13.6. The molecule has 7 rings (SSSR count). The Morgan fingerprint density at radius 2 is 2.08 bits per heavy atom. The molecule has 10 nitrogen and oxygen atoms in total. The molecule has 3 aliphatic heterocycles. The molecule has 202 valence electrons. The number of aromatic amines is 1. The number of likely N-dealkylation sites (tertiary alicyclic amines) is 1. The van der Waals surface area contributed by atoms with Crippen LogP contribution in [0, 0.1) is 11.3 Å². The zero-order chi connectivity index (χ0) is 26.3. The number of nitrogens with one attached hydrogen (secondary N) is 2. The standard InChI is InChI=1S/C27H35FN8O2/c1-17-4-7-35(27(9-17)5-6-27)24(37)31-20-11-30-32-22(20)19-8-21-18(10-29-19)23(33-36(21)12-25(2,3)28)34-13-26(14-34)15-38-16-26/h8,10-11,17H,4-7,9,12-16H2,1-3H3,(H,30,32)(H,31,37). The molecule has 3 saturated heterocycles. The van der Waals surface area contributed by atoms with Crippen molar-refractivity contribution in [1.82, 2.24) is 29.9 Å². The molecule has 1 unspecified atom stereocenters. The van der Waals surface area contributed by atoms with Crippen LogP contribution in [0.5, 0.6) is 0 Å². The third-order valence-electron chi connectivity index (χ3n) is 8.67. The van der Waals surface area contributed by atoms with Gasteiger partial charge in [-0.05, 0) is 51.5 Å². The molecule has 2 amide bonds. The van der Waals surface area contributed by atoms with Gasteiger partial charge in [-0.25, -0.2) is 9.18 Å². The van der Waals surface area contributed by atoms with Crippen LogP contribution in [0.2, 0.25) is 0 Å². The number of nitrogens with zero attached hydrogens (tertiary/aromatic N) is 6. The van der Waals surface area contributed by atoms with E-state index in [9.17, 15) is 9.18 Å². The summed E-state index contributed by atoms with van der Waals surface area (Å²) in [6.07, 6.45) is 7.66. The van der Waals surface area contributed by atoms with Crippen LogP contribution in [0.4, 0.5) is 20.7 Å². The van der Waals surface area contributed by atoms with Crippen molar-refractivity contribution >= 4 is 28.4 Å². The molecule has 38 heavy (non-hydrogen) atoms. The Balaban J connectivity index is 1.18. The zero-order valence-electron chi connectivity index (χ0n) is 22.3. The van der Waals surface area contributed by atoms with Crippen molar-refractivity contribution in [3.05, 3.63) is 18.5 Å². The lowest BCUT2D eigenvalue weighted by Gasteiger charge is -2.55. The van der Waals surface area contributed by atoms with Gasteiger partial charge in [0.15, 0.2) is 5.82 Å². The lowest BCUT2D eigenvalue weighted by molar-refractivity contribution is -0.127. The molecule has 1 saturated carbocycles. The lowest BCUT2D eigenvalue weighted by Crippen LogP contribution is -2.66. The fraction of sp³-hybridized carbons (Fsp3) is 0.630. The Labute approximate surface area is 220 Å². The van der Waals surface area contributed by atoms with Gasteiger partial charge in [0.05, 0.1) is 53.7 Å². The highest BCUT2D eigenvalue weighted by Gasteiger charge is 2.53. The summed E-state index contributed by atoms with van der Waals surface area (Å²) in [5.74, 6) is 1.47. The number of urea groups is 1. The number of piperidine rings is 1. The van der Waals surface area contributed by atoms with Crippen LogP contribution in [0.1, 0.15) is 46.5 Å². The van der Waals surface area contributed by atoms with Crippen molar-refractivity contribution in [2.75, 3.05) is 43.1 Å². The average molecular weight is 523 g/mol. The Bertz CT molecular complexity index is 1390. The number of anilines is 2. The molecule has 1 aliphatic carbocycles. The van der Waals surface area contributed by atoms with E-state index in [0.717, 1.165) is 75.3 Å². The Morgan fingerprint density at radius 1 is 1.29 bits per heavy atom. The fourth-order valence-electron chi connectivity index (χ4n) is 6.53. The first kappa shape index (κ1) is 23.9. The quantitative estimate of drug-likeness (QED) is 0.521. The number of halogens is 1. The number of aromatic nitrogens is 5. The van der Waals surface area contributed by atoms with Gasteiger partial charge < -0.3 is 19.9 Å². The maximum absolute atomic E-state index is 14.8. The van der Waals surface area contributed by atoms with Gasteiger partial charge in [0.1, 0.15) is 11.4 Å². The second-order valence-electron chi connectivity index (χ2n) is 12.7. The largest absolute Gasteiger partial charge is 0.380 e. The number of carbonyl (C=O) groups is 1. The van der Waals surface area contributed by atoms with E-state index in [1.807, 2.05) is 11.0 Å². The summed E-state index contributed by atoms with van der Waals surface area (Å²) in [6.45, 7) is 9.62. The number of ether oxygens (including phenoxy) is 1. The molecule has 1 atom stereocenters. The topological polar surface area (TPSA) is 104 Å². The van der Waals surface area contributed by atoms with Gasteiger partial charge in [-0.3, -0.25) is 14.8 Å². The van der Waals surface area contributed by atoms with Crippen molar-refractivity contribution in [3.8, 4) is 11.4 Å². The van der Waals surface area contributed by atoms with Gasteiger partial charge in [-0.1, -0.05) is 6.92 Å². The Kier molecular flexibility index (Phi) is 5.12. The molecular weight excluding hydrogens is 487 g/mol. The van der Waals surface area contributed by atoms with Gasteiger partial charge in [-0.15, -0.1) is 0 Å². The summed E-state index contributed by atoms with van der Waals surface area (Å²) in [6, 6.07) is 1.82. The smallest absolute Gasteiger partial charge is 0.322 e. The van der Waals surface area contributed by atoms with Crippen LogP contribution in [0.25, 0.3) is 22.3 Å². The van der Waals surface area contributed by atoms with E-state index >= 15 is 0 Å². The molecule has 3 aromatic rings. The second kappa shape index (κ2) is 8.14. The van der Waals surface area contributed by atoms with Crippen LogP contribution in [0.15, 0.2) is 18.5 Å². The van der Waals surface area contributed by atoms with Gasteiger partial charge >= 0.3 is 6.03 Å². The lowest BCUT2D eigenvalue weighted by atomic mass is 9.78. The van der Waals surface area contributed by atoms with Crippen LogP contribution >= 0.6 is 0 Å². The first-order valence-corrected chi connectivity index (χ1v) is 13.6. The Hall–Kier alpha value is -3.21. The third kappa shape index (κ3) is 3.93. The summed E-state index contributed by atoms with van der Waals surface area (Å²) in [4.78, 5) is 22.3. The summed E-state index contributed by atoms with van der Waals surface area (Å²) >= 11 is 0. The SMILES string of the molecule is CC1CCN(C(=O)Nc2cn[nH]c2-c2cc3c(cn2)c(N2CC4(COC4)C2)nn3CC(C)(C)F)C2(CC2)C1. The van der Waals surface area contributed by atoms with Crippen molar-refractivity contribution in [1.29, 1.82) is 0 Å². The highest BCUT2D eigenvalue weighted by atomic mass is 19.1. The van der Waals surface area contributed by atoms with Crippen LogP contribution in [-0.4, -0.2) is 79.9 Å². The summed E-state index contributed by atoms with van der Waals surface area (Å²) < 4.78 is 21.9. The number of carbonyl (C=O) groups excluding carboxylic acids is 1. The molecule has 0 bridgehead atoms. The predicted molar refractivity (Wildman–Crippen MR) is 142 cm³/mol. The number of amides is 2. The molecule has 2 spiro atoms. The molecule has 6 heterocycles. The fourth-order valence-corrected chi connectivity index (χ4v) is 6.53. The Morgan fingerprint density at radius 3 is 2.76 bits per heavy atom. The number of hydrogen-bond acceptors (Lipinski definition) is 6. The number of hydrogen-bond donors (Lipinski definition) is 2. The second-order valence-corrected chi connectivity index (χ2v) is 12.7. The summed E-state index contributed by atoms with van der Waals surface area (Å²) in [5.41, 5.74) is 1.45. The van der Waals surface area contributed by atoms with Gasteiger partial charge in [-0.2, -0.15) is 10.2 Å². The maximum atomic E-state index is 14.8. The first-order chi connectivity index (χ1) is 18.1. The van der Waals surface area contributed by atoms with Gasteiger partial charge in [0.25, 0.3) is 0 Å². The monoisotopic (exact) mass is 522 g/mol. The van der Waals surface area contributed by atoms with Crippen LogP contribution in [-0.2, 0) is 11.3 Å². The van der Waals surface area contributed by atoms with Crippen molar-refractivity contribution in [2.24, 2.45) is 11.3 Å². The average Bonchev–Trinajstić information content (AvgIpc) is 3.24. The van der Waals surface area contributed by atoms with E-state index in [4.69, 9.17) is 14.8 Å². The molecular formula is C27H35FN8O2. The van der Waals surface area contributed by atoms with E-state index in [-0.39, 0.29) is 23.5 Å². The van der Waals surface area contributed by atoms with E-state index < -0.39 is 5.67 Å². The molecule has 11 heteroatoms. The summed E-state index contributed by atoms with van der Waals surface area (Å²) in [5, 5.41) is 16.0. The normalized spacial score (nSPS) is 23.5. The van der Waals surface area contributed by atoms with Crippen molar-refractivity contribution in [2.45, 2.75) is 64.2 Å². The minimum absolute atomic E-state index is 0.0198. The molecule has 2 N–H and O–H groups in total. The van der Waals surface area contributed by atoms with Gasteiger partial charge in [0.2, 0.25) is 0 Å². The minimum Gasteiger partial charge on any atom is -0.380 e. The number of pyridine rings is 1. The van der Waals surface area contributed by atoms with E-state index in [1.165, 1.54) is 0 Å². The van der Waals surface area contributed by atoms with Crippen molar-refractivity contribution in [3.63, 3.8) is 0 Å². The summed E-state index contributed by atoms with van der Waals surface area (Å²) in [7, 11) is 0. The van der Waals surface area contributed by atoms with Crippen molar-refractivity contribution < 1.29 is 13.9 Å². The molecule has 4 aliphatic rings. The number of fused-ring (bicyclic) bond motifs is 1. The number of H-pyrrole nitrogens is 1. The third-order valence-corrected chi connectivity index (χ3v) is 8.67. The highest BCUT2D eigenvalue weighted by Crippen LogP contribution is 2.50. The van der Waals surface area contributed by atoms with E-state index in [1.54, 1.807) is 30.9 Å². The van der Waals surface area contributed by atoms with Crippen LogP contribution < -0.4 is 10.2 Å². The number of alkyl halides is 1. The molecule has 0 radical (unpaired) electrons. The van der Waals surface area contributed by atoms with Crippen LogP contribution in [0.3, 0.4) is 0 Å². The van der Waals surface area contributed by atoms with E-state index in [2.05, 4.69) is 27.3 Å². The minimum atomic E-state index is -1.44. The zero-order valence-corrected chi connectivity index (χ0v) is 22.3. The van der Waals surface area contributed by atoms with Gasteiger partial charge in [0, 0.05) is 31.4 Å². The predicted octanol–water partition coefficient (Wildman–Crippen LogP) is 4.20. The number of rotatable bonds is 5. The van der Waals surface area contributed by atoms with E-state index in [0.29, 0.717) is 23.0 Å². The maximum Gasteiger partial charge on any atom is 0.322 e. The molecule has 0 aromatic carbocycles. The molecule has 4 fully saturated rings. The highest BCUT2D eigenvalue weighted by molar-refractivity contribution is 5.96. The molecule has 3 aromatic heterocycles.